The van der Waals surface area contributed by atoms with Crippen LogP contribution in [0.1, 0.15) is 51.9 Å². The van der Waals surface area contributed by atoms with Gasteiger partial charge in [0.05, 0.1) is 6.61 Å². The van der Waals surface area contributed by atoms with Crippen molar-refractivity contribution in [2.75, 3.05) is 13.2 Å². The first-order chi connectivity index (χ1) is 10.1. The van der Waals surface area contributed by atoms with Crippen LogP contribution in [0.15, 0.2) is 0 Å². The highest BCUT2D eigenvalue weighted by Crippen LogP contribution is 2.22. The van der Waals surface area contributed by atoms with Crippen LogP contribution in [0.4, 0.5) is 0 Å². The third-order valence-corrected chi connectivity index (χ3v) is 3.88. The lowest BCUT2D eigenvalue weighted by atomic mass is 9.99. The molecule has 6 nitrogen and oxygen atoms in total. The van der Waals surface area contributed by atoms with Crippen molar-refractivity contribution in [2.45, 2.75) is 82.6 Å². The highest BCUT2D eigenvalue weighted by Gasteiger charge is 2.43. The zero-order valence-electron chi connectivity index (χ0n) is 12.9. The predicted octanol–water partition coefficient (Wildman–Crippen LogP) is 0.553. The Balaban J connectivity index is 2.16. The molecule has 1 rings (SSSR count). The lowest BCUT2D eigenvalue weighted by molar-refractivity contribution is -0.301. The summed E-state index contributed by atoms with van der Waals surface area (Å²) < 4.78 is 10.7. The van der Waals surface area contributed by atoms with E-state index in [1.54, 1.807) is 0 Å². The standard InChI is InChI=1S/C15H30O6/c1-2-3-4-5-6-7-8-9-20-15-14(19)13(18)12(17)11(10-16)21-15/h11-19H,2-10H2,1H3/t11-,12+,13-,14+,15+/m1/s1. The molecular weight excluding hydrogens is 276 g/mol. The van der Waals surface area contributed by atoms with Crippen LogP contribution in [0.2, 0.25) is 0 Å². The van der Waals surface area contributed by atoms with Gasteiger partial charge in [0.25, 0.3) is 0 Å². The zero-order valence-corrected chi connectivity index (χ0v) is 12.9. The highest BCUT2D eigenvalue weighted by molar-refractivity contribution is 4.88. The molecule has 1 fully saturated rings. The molecule has 1 saturated heterocycles. The van der Waals surface area contributed by atoms with Gasteiger partial charge in [0.15, 0.2) is 6.29 Å². The number of aliphatic hydroxyl groups excluding tert-OH is 4. The molecule has 0 aliphatic carbocycles. The van der Waals surface area contributed by atoms with Gasteiger partial charge >= 0.3 is 0 Å². The Morgan fingerprint density at radius 3 is 2.10 bits per heavy atom. The molecule has 4 N–H and O–H groups in total. The molecule has 0 saturated carbocycles. The molecule has 0 radical (unpaired) electrons. The van der Waals surface area contributed by atoms with Crippen LogP contribution in [0, 0.1) is 0 Å². The summed E-state index contributed by atoms with van der Waals surface area (Å²) in [5.41, 5.74) is 0. The van der Waals surface area contributed by atoms with E-state index in [-0.39, 0.29) is 0 Å². The number of rotatable bonds is 10. The maximum absolute atomic E-state index is 9.78. The number of hydrogen-bond acceptors (Lipinski definition) is 6. The Morgan fingerprint density at radius 1 is 0.857 bits per heavy atom. The van der Waals surface area contributed by atoms with Crippen LogP contribution in [-0.4, -0.2) is 64.3 Å². The van der Waals surface area contributed by atoms with E-state index < -0.39 is 37.3 Å². The molecule has 21 heavy (non-hydrogen) atoms. The first-order valence-corrected chi connectivity index (χ1v) is 8.04. The summed E-state index contributed by atoms with van der Waals surface area (Å²) in [6.45, 7) is 2.19. The van der Waals surface area contributed by atoms with E-state index in [0.29, 0.717) is 6.61 Å². The van der Waals surface area contributed by atoms with Crippen LogP contribution in [0.3, 0.4) is 0 Å². The van der Waals surface area contributed by atoms with Gasteiger partial charge < -0.3 is 29.9 Å². The fraction of sp³-hybridized carbons (Fsp3) is 1.00. The molecule has 0 bridgehead atoms. The van der Waals surface area contributed by atoms with Crippen LogP contribution >= 0.6 is 0 Å². The molecule has 126 valence electrons. The first kappa shape index (κ1) is 18.8. The summed E-state index contributed by atoms with van der Waals surface area (Å²) in [6, 6.07) is 0. The number of hydrogen-bond donors (Lipinski definition) is 4. The van der Waals surface area contributed by atoms with Crippen LogP contribution in [-0.2, 0) is 9.47 Å². The second kappa shape index (κ2) is 10.5. The molecule has 0 spiro atoms. The van der Waals surface area contributed by atoms with Crippen LogP contribution < -0.4 is 0 Å². The normalized spacial score (nSPS) is 33.3. The summed E-state index contributed by atoms with van der Waals surface area (Å²) in [6.07, 6.45) is 2.20. The minimum atomic E-state index is -1.37. The average molecular weight is 306 g/mol. The fourth-order valence-corrected chi connectivity index (χ4v) is 2.46. The summed E-state index contributed by atoms with van der Waals surface area (Å²) in [5, 5.41) is 38.1. The van der Waals surface area contributed by atoms with E-state index in [2.05, 4.69) is 6.92 Å². The molecule has 0 unspecified atom stereocenters. The van der Waals surface area contributed by atoms with E-state index in [9.17, 15) is 15.3 Å². The van der Waals surface area contributed by atoms with Crippen molar-refractivity contribution in [3.05, 3.63) is 0 Å². The molecule has 1 aliphatic heterocycles. The van der Waals surface area contributed by atoms with Crippen LogP contribution in [0.25, 0.3) is 0 Å². The van der Waals surface area contributed by atoms with Gasteiger partial charge in [0.2, 0.25) is 0 Å². The van der Waals surface area contributed by atoms with Crippen LogP contribution in [0.5, 0.6) is 0 Å². The van der Waals surface area contributed by atoms with Gasteiger partial charge in [-0.05, 0) is 6.42 Å². The predicted molar refractivity (Wildman–Crippen MR) is 77.7 cm³/mol. The Morgan fingerprint density at radius 2 is 1.48 bits per heavy atom. The molecular formula is C15H30O6. The van der Waals surface area contributed by atoms with Crippen molar-refractivity contribution >= 4 is 0 Å². The van der Waals surface area contributed by atoms with Crippen molar-refractivity contribution in [3.63, 3.8) is 0 Å². The van der Waals surface area contributed by atoms with E-state index in [4.69, 9.17) is 14.6 Å². The van der Waals surface area contributed by atoms with E-state index in [1.165, 1.54) is 25.7 Å². The second-order valence-electron chi connectivity index (χ2n) is 5.69. The smallest absolute Gasteiger partial charge is 0.186 e. The molecule has 0 aromatic rings. The molecule has 6 heteroatoms. The van der Waals surface area contributed by atoms with Gasteiger partial charge in [0.1, 0.15) is 24.4 Å². The highest BCUT2D eigenvalue weighted by atomic mass is 16.7. The third kappa shape index (κ3) is 6.18. The maximum atomic E-state index is 9.78. The van der Waals surface area contributed by atoms with Gasteiger partial charge in [0, 0.05) is 6.61 Å². The lowest BCUT2D eigenvalue weighted by Gasteiger charge is -2.39. The van der Waals surface area contributed by atoms with Crippen molar-refractivity contribution in [1.82, 2.24) is 0 Å². The van der Waals surface area contributed by atoms with E-state index in [1.807, 2.05) is 0 Å². The number of aliphatic hydroxyl groups is 4. The van der Waals surface area contributed by atoms with Crippen molar-refractivity contribution in [1.29, 1.82) is 0 Å². The molecule has 1 heterocycles. The topological polar surface area (TPSA) is 99.4 Å². The summed E-state index contributed by atoms with van der Waals surface area (Å²) in [4.78, 5) is 0. The van der Waals surface area contributed by atoms with E-state index in [0.717, 1.165) is 19.3 Å². The largest absolute Gasteiger partial charge is 0.394 e. The Hall–Kier alpha value is -0.240. The monoisotopic (exact) mass is 306 g/mol. The van der Waals surface area contributed by atoms with Crippen molar-refractivity contribution < 1.29 is 29.9 Å². The molecule has 0 aromatic heterocycles. The Kier molecular flexibility index (Phi) is 9.39. The minimum Gasteiger partial charge on any atom is -0.394 e. The Bertz CT molecular complexity index is 261. The number of unbranched alkanes of at least 4 members (excludes halogenated alkanes) is 6. The fourth-order valence-electron chi connectivity index (χ4n) is 2.46. The summed E-state index contributed by atoms with van der Waals surface area (Å²) in [7, 11) is 0. The zero-order chi connectivity index (χ0) is 15.7. The molecule has 5 atom stereocenters. The van der Waals surface area contributed by atoms with Crippen molar-refractivity contribution in [3.8, 4) is 0 Å². The minimum absolute atomic E-state index is 0.427. The Labute approximate surface area is 126 Å². The summed E-state index contributed by atoms with van der Waals surface area (Å²) >= 11 is 0. The van der Waals surface area contributed by atoms with Crippen molar-refractivity contribution in [2.24, 2.45) is 0 Å². The average Bonchev–Trinajstić information content (AvgIpc) is 2.49. The quantitative estimate of drug-likeness (QED) is 0.440. The molecule has 0 amide bonds. The third-order valence-electron chi connectivity index (χ3n) is 3.88. The van der Waals surface area contributed by atoms with Gasteiger partial charge in [-0.2, -0.15) is 0 Å². The first-order valence-electron chi connectivity index (χ1n) is 8.04. The van der Waals surface area contributed by atoms with Gasteiger partial charge in [-0.3, -0.25) is 0 Å². The van der Waals surface area contributed by atoms with Gasteiger partial charge in [-0.25, -0.2) is 0 Å². The number of ether oxygens (including phenoxy) is 2. The van der Waals surface area contributed by atoms with E-state index >= 15 is 0 Å². The van der Waals surface area contributed by atoms with Gasteiger partial charge in [-0.1, -0.05) is 45.4 Å². The van der Waals surface area contributed by atoms with Gasteiger partial charge in [-0.15, -0.1) is 0 Å². The SMILES string of the molecule is CCCCCCCCCO[C@H]1O[C@H](CO)[C@H](O)[C@@H](O)[C@@H]1O. The molecule has 1 aliphatic rings. The summed E-state index contributed by atoms with van der Waals surface area (Å²) in [5.74, 6) is 0. The molecule has 0 aromatic carbocycles. The maximum Gasteiger partial charge on any atom is 0.186 e. The lowest BCUT2D eigenvalue weighted by Crippen LogP contribution is -2.59. The second-order valence-corrected chi connectivity index (χ2v) is 5.69.